The third-order valence-electron chi connectivity index (χ3n) is 4.04. The van der Waals surface area contributed by atoms with E-state index in [0.717, 1.165) is 37.9 Å². The van der Waals surface area contributed by atoms with Gasteiger partial charge in [-0.25, -0.2) is 8.78 Å². The van der Waals surface area contributed by atoms with E-state index in [2.05, 4.69) is 19.2 Å². The Morgan fingerprint density at radius 3 is 2.70 bits per heavy atom. The maximum absolute atomic E-state index is 13.2. The summed E-state index contributed by atoms with van der Waals surface area (Å²) in [6, 6.07) is 3.91. The van der Waals surface area contributed by atoms with Gasteiger partial charge in [0, 0.05) is 16.2 Å². The van der Waals surface area contributed by atoms with E-state index in [9.17, 15) is 13.0 Å². The molecular weight excluding hydrogens is 280 g/mol. The van der Waals surface area contributed by atoms with Gasteiger partial charge in [0.2, 0.25) is 0 Å². The van der Waals surface area contributed by atoms with Gasteiger partial charge in [-0.05, 0) is 49.9 Å². The van der Waals surface area contributed by atoms with Crippen molar-refractivity contribution in [2.75, 3.05) is 6.54 Å². The molecule has 0 bridgehead atoms. The molecule has 0 amide bonds. The summed E-state index contributed by atoms with van der Waals surface area (Å²) in [5, 5.41) is 3.48. The van der Waals surface area contributed by atoms with Gasteiger partial charge in [-0.15, -0.1) is 0 Å². The van der Waals surface area contributed by atoms with Gasteiger partial charge in [-0.3, -0.25) is 4.21 Å². The van der Waals surface area contributed by atoms with E-state index in [1.54, 1.807) is 0 Å². The Morgan fingerprint density at radius 1 is 1.30 bits per heavy atom. The molecule has 0 aliphatic heterocycles. The Balaban J connectivity index is 2.08. The number of nitrogens with one attached hydrogen (secondary N) is 1. The predicted molar refractivity (Wildman–Crippen MR) is 77.0 cm³/mol. The number of rotatable bonds is 5. The largest absolute Gasteiger partial charge is 0.314 e. The highest BCUT2D eigenvalue weighted by atomic mass is 32.2. The minimum atomic E-state index is -1.28. The lowest BCUT2D eigenvalue weighted by Crippen LogP contribution is -2.35. The lowest BCUT2D eigenvalue weighted by atomic mass is 10.1. The predicted octanol–water partition coefficient (Wildman–Crippen LogP) is 3.24. The van der Waals surface area contributed by atoms with E-state index >= 15 is 0 Å². The fourth-order valence-corrected chi connectivity index (χ4v) is 4.53. The molecule has 1 aromatic carbocycles. The molecule has 20 heavy (non-hydrogen) atoms. The highest BCUT2D eigenvalue weighted by Crippen LogP contribution is 2.32. The summed E-state index contributed by atoms with van der Waals surface area (Å²) in [7, 11) is -1.28. The Kier molecular flexibility index (Phi) is 5.27. The van der Waals surface area contributed by atoms with Gasteiger partial charge in [0.25, 0.3) is 0 Å². The average Bonchev–Trinajstić information content (AvgIpc) is 2.80. The molecule has 0 heterocycles. The second-order valence-electron chi connectivity index (χ2n) is 5.41. The van der Waals surface area contributed by atoms with Crippen LogP contribution in [0, 0.1) is 17.6 Å². The molecule has 1 fully saturated rings. The minimum Gasteiger partial charge on any atom is -0.314 e. The first-order valence-electron chi connectivity index (χ1n) is 7.13. The average molecular weight is 301 g/mol. The zero-order chi connectivity index (χ0) is 14.7. The summed E-state index contributed by atoms with van der Waals surface area (Å²) >= 11 is 0. The van der Waals surface area contributed by atoms with Gasteiger partial charge in [0.05, 0.1) is 10.8 Å². The maximum atomic E-state index is 13.2. The maximum Gasteiger partial charge on any atom is 0.160 e. The van der Waals surface area contributed by atoms with Crippen molar-refractivity contribution < 1.29 is 13.0 Å². The first-order valence-corrected chi connectivity index (χ1v) is 8.35. The van der Waals surface area contributed by atoms with Crippen LogP contribution in [0.4, 0.5) is 8.78 Å². The van der Waals surface area contributed by atoms with Gasteiger partial charge in [-0.2, -0.15) is 0 Å². The molecular formula is C15H21F2NOS. The normalized spacial score (nSPS) is 27.7. The molecule has 5 heteroatoms. The van der Waals surface area contributed by atoms with Crippen molar-refractivity contribution in [3.8, 4) is 0 Å². The molecule has 0 saturated heterocycles. The third-order valence-corrected chi connectivity index (χ3v) is 5.97. The molecule has 0 aromatic heterocycles. The molecule has 4 unspecified atom stereocenters. The number of hydrogen-bond donors (Lipinski definition) is 1. The van der Waals surface area contributed by atoms with E-state index in [0.29, 0.717) is 10.9 Å². The van der Waals surface area contributed by atoms with E-state index < -0.39 is 22.4 Å². The monoisotopic (exact) mass is 301 g/mol. The smallest absolute Gasteiger partial charge is 0.160 e. The Morgan fingerprint density at radius 2 is 2.05 bits per heavy atom. The fourth-order valence-electron chi connectivity index (χ4n) is 2.83. The Hall–Kier alpha value is -0.810. The topological polar surface area (TPSA) is 29.1 Å². The lowest BCUT2D eigenvalue weighted by molar-refractivity contribution is 0.429. The highest BCUT2D eigenvalue weighted by molar-refractivity contribution is 7.85. The van der Waals surface area contributed by atoms with Crippen LogP contribution < -0.4 is 5.32 Å². The molecule has 1 aromatic rings. The molecule has 2 rings (SSSR count). The standard InChI is InChI=1S/C15H21F2NOS/c1-3-8-18-14-6-7-15(10(14)2)20(19)11-4-5-12(16)13(17)9-11/h4-5,9-10,14-15,18H,3,6-8H2,1-2H3. The van der Waals surface area contributed by atoms with Crippen LogP contribution in [0.2, 0.25) is 0 Å². The van der Waals surface area contributed by atoms with Crippen molar-refractivity contribution in [1.29, 1.82) is 0 Å². The highest BCUT2D eigenvalue weighted by Gasteiger charge is 2.36. The van der Waals surface area contributed by atoms with E-state index in [4.69, 9.17) is 0 Å². The number of benzene rings is 1. The molecule has 0 spiro atoms. The first kappa shape index (κ1) is 15.6. The minimum absolute atomic E-state index is 0.00853. The van der Waals surface area contributed by atoms with Crippen LogP contribution >= 0.6 is 0 Å². The van der Waals surface area contributed by atoms with Crippen molar-refractivity contribution in [1.82, 2.24) is 5.32 Å². The summed E-state index contributed by atoms with van der Waals surface area (Å²) in [4.78, 5) is 0.386. The molecule has 1 saturated carbocycles. The fraction of sp³-hybridized carbons (Fsp3) is 0.600. The summed E-state index contributed by atoms with van der Waals surface area (Å²) < 4.78 is 38.7. The molecule has 1 aliphatic carbocycles. The Bertz CT molecular complexity index is 495. The second-order valence-corrected chi connectivity index (χ2v) is 7.08. The van der Waals surface area contributed by atoms with Crippen LogP contribution in [0.3, 0.4) is 0 Å². The molecule has 1 N–H and O–H groups in total. The SMILES string of the molecule is CCCNC1CCC(S(=O)c2ccc(F)c(F)c2)C1C. The second kappa shape index (κ2) is 6.76. The van der Waals surface area contributed by atoms with Gasteiger partial charge in [-0.1, -0.05) is 13.8 Å². The van der Waals surface area contributed by atoms with Crippen molar-refractivity contribution in [2.45, 2.75) is 49.3 Å². The molecule has 4 atom stereocenters. The van der Waals surface area contributed by atoms with Crippen molar-refractivity contribution >= 4 is 10.8 Å². The van der Waals surface area contributed by atoms with Gasteiger partial charge in [0.1, 0.15) is 0 Å². The first-order chi connectivity index (χ1) is 9.54. The van der Waals surface area contributed by atoms with Crippen molar-refractivity contribution in [3.05, 3.63) is 29.8 Å². The van der Waals surface area contributed by atoms with Crippen LogP contribution in [-0.4, -0.2) is 22.0 Å². The quantitative estimate of drug-likeness (QED) is 0.904. The summed E-state index contributed by atoms with van der Waals surface area (Å²) in [6.45, 7) is 5.16. The molecule has 1 aliphatic rings. The van der Waals surface area contributed by atoms with Gasteiger partial charge < -0.3 is 5.32 Å². The zero-order valence-corrected chi connectivity index (χ0v) is 12.7. The molecule has 0 radical (unpaired) electrons. The van der Waals surface area contributed by atoms with E-state index in [-0.39, 0.29) is 11.2 Å². The number of halogens is 2. The molecule has 112 valence electrons. The van der Waals surface area contributed by atoms with Gasteiger partial charge >= 0.3 is 0 Å². The van der Waals surface area contributed by atoms with Crippen LogP contribution in [0.1, 0.15) is 33.1 Å². The van der Waals surface area contributed by atoms with Crippen LogP contribution in [0.5, 0.6) is 0 Å². The van der Waals surface area contributed by atoms with Crippen molar-refractivity contribution in [2.24, 2.45) is 5.92 Å². The van der Waals surface area contributed by atoms with Crippen molar-refractivity contribution in [3.63, 3.8) is 0 Å². The summed E-state index contributed by atoms with van der Waals surface area (Å²) in [5.74, 6) is -1.55. The lowest BCUT2D eigenvalue weighted by Gasteiger charge is -2.21. The third kappa shape index (κ3) is 3.26. The number of hydrogen-bond acceptors (Lipinski definition) is 2. The van der Waals surface area contributed by atoms with Crippen LogP contribution in [0.25, 0.3) is 0 Å². The molecule has 2 nitrogen and oxygen atoms in total. The van der Waals surface area contributed by atoms with E-state index in [1.807, 2.05) is 0 Å². The van der Waals surface area contributed by atoms with Crippen LogP contribution in [0.15, 0.2) is 23.1 Å². The zero-order valence-electron chi connectivity index (χ0n) is 11.9. The van der Waals surface area contributed by atoms with E-state index in [1.165, 1.54) is 6.07 Å². The van der Waals surface area contributed by atoms with Crippen LogP contribution in [-0.2, 0) is 10.8 Å². The summed E-state index contributed by atoms with van der Waals surface area (Å²) in [5.41, 5.74) is 0. The summed E-state index contributed by atoms with van der Waals surface area (Å²) in [6.07, 6.45) is 2.91. The van der Waals surface area contributed by atoms with Gasteiger partial charge in [0.15, 0.2) is 11.6 Å². The Labute approximate surface area is 121 Å².